The highest BCUT2D eigenvalue weighted by Gasteiger charge is 2.41. The zero-order chi connectivity index (χ0) is 14.5. The monoisotopic (exact) mass is 286 g/mol. The van der Waals surface area contributed by atoms with Crippen LogP contribution in [0.25, 0.3) is 0 Å². The van der Waals surface area contributed by atoms with Crippen molar-refractivity contribution < 1.29 is 0 Å². The number of nitrogens with one attached hydrogen (secondary N) is 1. The first-order valence-corrected chi connectivity index (χ1v) is 8.87. The smallest absolute Gasteiger partial charge is 0.0309 e. The van der Waals surface area contributed by atoms with Crippen LogP contribution in [0, 0.1) is 5.92 Å². The molecule has 2 aliphatic carbocycles. The van der Waals surface area contributed by atoms with Crippen molar-refractivity contribution in [3.8, 4) is 0 Å². The summed E-state index contributed by atoms with van der Waals surface area (Å²) in [5, 5.41) is 0. The molecule has 2 aliphatic rings. The van der Waals surface area contributed by atoms with Crippen LogP contribution >= 0.6 is 0 Å². The minimum absolute atomic E-state index is 0.261. The van der Waals surface area contributed by atoms with Crippen LogP contribution in [0.4, 0.5) is 0 Å². The van der Waals surface area contributed by atoms with Crippen molar-refractivity contribution in [2.75, 3.05) is 0 Å². The molecule has 2 heteroatoms. The third kappa shape index (κ3) is 3.17. The summed E-state index contributed by atoms with van der Waals surface area (Å²) in [5.74, 6) is 6.94. The van der Waals surface area contributed by atoms with E-state index in [1.54, 1.807) is 0 Å². The van der Waals surface area contributed by atoms with E-state index in [0.717, 1.165) is 5.92 Å². The average Bonchev–Trinajstić information content (AvgIpc) is 3.07. The zero-order valence-corrected chi connectivity index (χ0v) is 13.2. The van der Waals surface area contributed by atoms with E-state index in [4.69, 9.17) is 5.84 Å². The van der Waals surface area contributed by atoms with Crippen LogP contribution in [0.2, 0.25) is 0 Å². The summed E-state index contributed by atoms with van der Waals surface area (Å²) in [6.07, 6.45) is 13.6. The SMILES string of the molecule is NNC(CC1CCCC1)C1(c2ccccc2)CCCCC1. The van der Waals surface area contributed by atoms with Gasteiger partial charge in [0.1, 0.15) is 0 Å². The standard InChI is InChI=1S/C19H30N2/c20-21-18(15-16-9-5-6-10-16)19(13-7-2-8-14-19)17-11-3-1-4-12-17/h1,3-4,11-12,16,18,21H,2,5-10,13-15,20H2. The Kier molecular flexibility index (Phi) is 4.97. The Morgan fingerprint density at radius 3 is 2.29 bits per heavy atom. The van der Waals surface area contributed by atoms with E-state index in [2.05, 4.69) is 35.8 Å². The van der Waals surface area contributed by atoms with E-state index < -0.39 is 0 Å². The lowest BCUT2D eigenvalue weighted by Crippen LogP contribution is -2.53. The predicted octanol–water partition coefficient (Wildman–Crippen LogP) is 4.30. The number of rotatable bonds is 5. The van der Waals surface area contributed by atoms with Crippen LogP contribution in [-0.4, -0.2) is 6.04 Å². The van der Waals surface area contributed by atoms with Crippen LogP contribution in [0.5, 0.6) is 0 Å². The summed E-state index contributed by atoms with van der Waals surface area (Å²) < 4.78 is 0. The molecule has 3 N–H and O–H groups in total. The average molecular weight is 286 g/mol. The molecule has 0 bridgehead atoms. The molecule has 0 aromatic heterocycles. The Morgan fingerprint density at radius 2 is 1.67 bits per heavy atom. The molecule has 21 heavy (non-hydrogen) atoms. The molecule has 1 atom stereocenters. The van der Waals surface area contributed by atoms with Gasteiger partial charge in [-0.05, 0) is 30.7 Å². The van der Waals surface area contributed by atoms with Crippen LogP contribution in [-0.2, 0) is 5.41 Å². The van der Waals surface area contributed by atoms with Crippen molar-refractivity contribution >= 4 is 0 Å². The summed E-state index contributed by atoms with van der Waals surface area (Å²) in [6.45, 7) is 0. The third-order valence-corrected chi connectivity index (χ3v) is 6.01. The molecule has 1 aromatic rings. The van der Waals surface area contributed by atoms with Gasteiger partial charge in [0.25, 0.3) is 0 Å². The Bertz CT molecular complexity index is 416. The van der Waals surface area contributed by atoms with Gasteiger partial charge in [-0.2, -0.15) is 0 Å². The topological polar surface area (TPSA) is 38.0 Å². The molecule has 0 saturated heterocycles. The van der Waals surface area contributed by atoms with Gasteiger partial charge in [0.2, 0.25) is 0 Å². The molecule has 1 unspecified atom stereocenters. The molecule has 2 fully saturated rings. The molecule has 0 spiro atoms. The molecule has 3 rings (SSSR count). The summed E-state index contributed by atoms with van der Waals surface area (Å²) >= 11 is 0. The van der Waals surface area contributed by atoms with Crippen molar-refractivity contribution in [3.05, 3.63) is 35.9 Å². The third-order valence-electron chi connectivity index (χ3n) is 6.01. The summed E-state index contributed by atoms with van der Waals surface area (Å²) in [5.41, 5.74) is 5.00. The first-order valence-electron chi connectivity index (χ1n) is 8.87. The summed E-state index contributed by atoms with van der Waals surface area (Å²) in [7, 11) is 0. The number of hydrogen-bond donors (Lipinski definition) is 2. The second-order valence-electron chi connectivity index (χ2n) is 7.19. The van der Waals surface area contributed by atoms with Crippen molar-refractivity contribution in [2.24, 2.45) is 11.8 Å². The normalized spacial score (nSPS) is 24.0. The fourth-order valence-corrected chi connectivity index (χ4v) is 4.82. The van der Waals surface area contributed by atoms with E-state index in [1.807, 2.05) is 0 Å². The van der Waals surface area contributed by atoms with Gasteiger partial charge < -0.3 is 0 Å². The lowest BCUT2D eigenvalue weighted by molar-refractivity contribution is 0.186. The molecule has 2 nitrogen and oxygen atoms in total. The van der Waals surface area contributed by atoms with Crippen LogP contribution in [0.15, 0.2) is 30.3 Å². The van der Waals surface area contributed by atoms with E-state index >= 15 is 0 Å². The molecule has 0 radical (unpaired) electrons. The Hall–Kier alpha value is -0.860. The molecule has 0 amide bonds. The highest BCUT2D eigenvalue weighted by molar-refractivity contribution is 5.28. The van der Waals surface area contributed by atoms with E-state index in [1.165, 1.54) is 69.8 Å². The van der Waals surface area contributed by atoms with Gasteiger partial charge >= 0.3 is 0 Å². The molecule has 0 heterocycles. The fraction of sp³-hybridized carbons (Fsp3) is 0.684. The van der Waals surface area contributed by atoms with Crippen LogP contribution in [0.3, 0.4) is 0 Å². The minimum atomic E-state index is 0.261. The highest BCUT2D eigenvalue weighted by Crippen LogP contribution is 2.45. The van der Waals surface area contributed by atoms with Crippen LogP contribution < -0.4 is 11.3 Å². The van der Waals surface area contributed by atoms with Crippen molar-refractivity contribution in [2.45, 2.75) is 75.7 Å². The minimum Gasteiger partial charge on any atom is -0.271 e. The Labute approximate surface area is 129 Å². The quantitative estimate of drug-likeness (QED) is 0.625. The zero-order valence-electron chi connectivity index (χ0n) is 13.2. The first kappa shape index (κ1) is 15.1. The van der Waals surface area contributed by atoms with E-state index in [0.29, 0.717) is 6.04 Å². The van der Waals surface area contributed by atoms with Crippen molar-refractivity contribution in [1.29, 1.82) is 0 Å². The first-order chi connectivity index (χ1) is 10.3. The number of nitrogens with two attached hydrogens (primary N) is 1. The van der Waals surface area contributed by atoms with Crippen molar-refractivity contribution in [1.82, 2.24) is 5.43 Å². The fourth-order valence-electron chi connectivity index (χ4n) is 4.82. The Morgan fingerprint density at radius 1 is 1.00 bits per heavy atom. The van der Waals surface area contributed by atoms with Gasteiger partial charge in [-0.1, -0.05) is 75.3 Å². The lowest BCUT2D eigenvalue weighted by Gasteiger charge is -2.45. The van der Waals surface area contributed by atoms with Gasteiger partial charge in [-0.25, -0.2) is 0 Å². The molecule has 116 valence electrons. The summed E-state index contributed by atoms with van der Waals surface area (Å²) in [6, 6.07) is 11.6. The van der Waals surface area contributed by atoms with Gasteiger partial charge in [0.15, 0.2) is 0 Å². The molecule has 0 aliphatic heterocycles. The maximum Gasteiger partial charge on any atom is 0.0309 e. The predicted molar refractivity (Wildman–Crippen MR) is 88.9 cm³/mol. The molecule has 1 aromatic carbocycles. The van der Waals surface area contributed by atoms with Gasteiger partial charge in [-0.15, -0.1) is 0 Å². The van der Waals surface area contributed by atoms with Gasteiger partial charge in [0, 0.05) is 11.5 Å². The van der Waals surface area contributed by atoms with E-state index in [-0.39, 0.29) is 5.41 Å². The van der Waals surface area contributed by atoms with Gasteiger partial charge in [-0.3, -0.25) is 11.3 Å². The number of benzene rings is 1. The van der Waals surface area contributed by atoms with Crippen molar-refractivity contribution in [3.63, 3.8) is 0 Å². The summed E-state index contributed by atoms with van der Waals surface area (Å²) in [4.78, 5) is 0. The second kappa shape index (κ2) is 6.93. The highest BCUT2D eigenvalue weighted by atomic mass is 15.2. The maximum atomic E-state index is 6.05. The largest absolute Gasteiger partial charge is 0.271 e. The molecule has 2 saturated carbocycles. The lowest BCUT2D eigenvalue weighted by atomic mass is 9.63. The second-order valence-corrected chi connectivity index (χ2v) is 7.19. The Balaban J connectivity index is 1.85. The maximum absolute atomic E-state index is 6.05. The number of hydrazine groups is 1. The molecular formula is C19H30N2. The van der Waals surface area contributed by atoms with Gasteiger partial charge in [0.05, 0.1) is 0 Å². The van der Waals surface area contributed by atoms with Crippen LogP contribution in [0.1, 0.15) is 69.8 Å². The van der Waals surface area contributed by atoms with E-state index in [9.17, 15) is 0 Å². The number of hydrogen-bond acceptors (Lipinski definition) is 2. The molecular weight excluding hydrogens is 256 g/mol.